The summed E-state index contributed by atoms with van der Waals surface area (Å²) in [5.41, 5.74) is 1.94. The number of likely N-dealkylation sites (tertiary alicyclic amines) is 1. The number of nitrogens with zero attached hydrogens (tertiary/aromatic N) is 3. The molecule has 2 aliphatic heterocycles. The third kappa shape index (κ3) is 5.62. The van der Waals surface area contributed by atoms with Crippen molar-refractivity contribution in [3.05, 3.63) is 53.2 Å². The van der Waals surface area contributed by atoms with Crippen molar-refractivity contribution in [1.82, 2.24) is 15.2 Å². The van der Waals surface area contributed by atoms with E-state index in [0.29, 0.717) is 31.2 Å². The first-order chi connectivity index (χ1) is 15.5. The molecule has 0 radical (unpaired) electrons. The molecule has 0 saturated carbocycles. The van der Waals surface area contributed by atoms with Crippen molar-refractivity contribution < 1.29 is 14.7 Å². The van der Waals surface area contributed by atoms with Crippen LogP contribution in [-0.2, 0) is 0 Å². The molecular formula is C23H28ClN5O3. The second-order valence-electron chi connectivity index (χ2n) is 8.43. The molecule has 3 heterocycles. The summed E-state index contributed by atoms with van der Waals surface area (Å²) >= 11 is 5.98. The number of carbonyl (C=O) groups is 2. The lowest BCUT2D eigenvalue weighted by molar-refractivity contribution is 0.192. The summed E-state index contributed by atoms with van der Waals surface area (Å²) in [7, 11) is 0. The first-order valence-corrected chi connectivity index (χ1v) is 11.3. The van der Waals surface area contributed by atoms with Gasteiger partial charge < -0.3 is 25.5 Å². The summed E-state index contributed by atoms with van der Waals surface area (Å²) in [5, 5.41) is 14.9. The maximum absolute atomic E-state index is 12.7. The maximum atomic E-state index is 12.7. The molecule has 1 atom stereocenters. The van der Waals surface area contributed by atoms with Gasteiger partial charge >= 0.3 is 12.1 Å². The van der Waals surface area contributed by atoms with Gasteiger partial charge in [0.05, 0.1) is 11.9 Å². The minimum absolute atomic E-state index is 0.102. The number of hydrogen-bond acceptors (Lipinski definition) is 4. The average Bonchev–Trinajstić information content (AvgIpc) is 3.28. The van der Waals surface area contributed by atoms with E-state index < -0.39 is 6.09 Å². The van der Waals surface area contributed by atoms with Crippen molar-refractivity contribution in [2.24, 2.45) is 5.92 Å². The van der Waals surface area contributed by atoms with E-state index >= 15 is 0 Å². The highest BCUT2D eigenvalue weighted by Gasteiger charge is 2.25. The Morgan fingerprint density at radius 2 is 1.81 bits per heavy atom. The number of aromatic nitrogens is 1. The summed E-state index contributed by atoms with van der Waals surface area (Å²) in [6, 6.07) is 11.6. The van der Waals surface area contributed by atoms with Gasteiger partial charge in [-0.25, -0.2) is 14.6 Å². The van der Waals surface area contributed by atoms with Gasteiger partial charge in [-0.3, -0.25) is 0 Å². The van der Waals surface area contributed by atoms with E-state index in [2.05, 4.69) is 32.7 Å². The number of rotatable bonds is 5. The lowest BCUT2D eigenvalue weighted by atomic mass is 9.89. The Hall–Kier alpha value is -3.00. The minimum atomic E-state index is -0.990. The first kappa shape index (κ1) is 22.2. The van der Waals surface area contributed by atoms with Crippen molar-refractivity contribution >= 4 is 35.2 Å². The van der Waals surface area contributed by atoms with Crippen LogP contribution in [0.4, 0.5) is 21.1 Å². The molecule has 2 aromatic rings. The summed E-state index contributed by atoms with van der Waals surface area (Å²) in [6.45, 7) is 3.48. The monoisotopic (exact) mass is 457 g/mol. The fourth-order valence-electron chi connectivity index (χ4n) is 4.44. The van der Waals surface area contributed by atoms with Gasteiger partial charge in [-0.15, -0.1) is 0 Å². The highest BCUT2D eigenvalue weighted by atomic mass is 35.5. The molecule has 2 aliphatic rings. The lowest BCUT2D eigenvalue weighted by Crippen LogP contribution is -2.40. The standard InChI is InChI=1S/C23H28ClN5O3/c24-19-3-1-17(2-4-19)18-8-11-28(12-9-18)22(30)27-20-5-6-21(25-14-20)29-10-7-16(15-29)13-26-23(31)32/h1-6,14,16,18,26H,7-13,15H2,(H,27,30)(H,31,32)/t16-/m1/s1. The highest BCUT2D eigenvalue weighted by molar-refractivity contribution is 6.30. The number of pyridine rings is 1. The van der Waals surface area contributed by atoms with Crippen LogP contribution in [0.5, 0.6) is 0 Å². The zero-order valence-electron chi connectivity index (χ0n) is 17.8. The van der Waals surface area contributed by atoms with Gasteiger partial charge in [0.1, 0.15) is 5.82 Å². The molecule has 2 saturated heterocycles. The second kappa shape index (κ2) is 10.1. The van der Waals surface area contributed by atoms with Gasteiger partial charge in [0.15, 0.2) is 0 Å². The quantitative estimate of drug-likeness (QED) is 0.623. The Balaban J connectivity index is 1.24. The second-order valence-corrected chi connectivity index (χ2v) is 8.87. The molecule has 170 valence electrons. The molecule has 3 amide bonds. The number of carbonyl (C=O) groups excluding carboxylic acids is 1. The van der Waals surface area contributed by atoms with Crippen LogP contribution in [-0.4, -0.2) is 59.8 Å². The minimum Gasteiger partial charge on any atom is -0.465 e. The molecular weight excluding hydrogens is 430 g/mol. The molecule has 1 aromatic heterocycles. The predicted octanol–water partition coefficient (Wildman–Crippen LogP) is 4.24. The highest BCUT2D eigenvalue weighted by Crippen LogP contribution is 2.29. The van der Waals surface area contributed by atoms with Gasteiger partial charge in [0, 0.05) is 37.7 Å². The average molecular weight is 458 g/mol. The van der Waals surface area contributed by atoms with Crippen LogP contribution >= 0.6 is 11.6 Å². The largest absolute Gasteiger partial charge is 0.465 e. The van der Waals surface area contributed by atoms with Crippen molar-refractivity contribution in [2.45, 2.75) is 25.2 Å². The Morgan fingerprint density at radius 3 is 2.47 bits per heavy atom. The predicted molar refractivity (Wildman–Crippen MR) is 125 cm³/mol. The van der Waals surface area contributed by atoms with E-state index in [-0.39, 0.29) is 11.9 Å². The fraction of sp³-hybridized carbons (Fsp3) is 0.435. The molecule has 8 nitrogen and oxygen atoms in total. The lowest BCUT2D eigenvalue weighted by Gasteiger charge is -2.32. The zero-order chi connectivity index (χ0) is 22.5. The summed E-state index contributed by atoms with van der Waals surface area (Å²) in [5.74, 6) is 1.57. The maximum Gasteiger partial charge on any atom is 0.404 e. The number of amides is 3. The van der Waals surface area contributed by atoms with Gasteiger partial charge in [0.2, 0.25) is 0 Å². The Bertz CT molecular complexity index is 930. The van der Waals surface area contributed by atoms with Crippen molar-refractivity contribution in [2.75, 3.05) is 42.9 Å². The number of anilines is 2. The molecule has 4 rings (SSSR count). The summed E-state index contributed by atoms with van der Waals surface area (Å²) < 4.78 is 0. The number of benzene rings is 1. The van der Waals surface area contributed by atoms with Gasteiger partial charge in [-0.05, 0) is 60.9 Å². The topological polar surface area (TPSA) is 97.8 Å². The molecule has 9 heteroatoms. The third-order valence-corrected chi connectivity index (χ3v) is 6.53. The Labute approximate surface area is 192 Å². The molecule has 3 N–H and O–H groups in total. The van der Waals surface area contributed by atoms with Gasteiger partial charge in [-0.1, -0.05) is 23.7 Å². The van der Waals surface area contributed by atoms with Crippen LogP contribution in [0.2, 0.25) is 5.02 Å². The number of nitrogens with one attached hydrogen (secondary N) is 2. The van der Waals surface area contributed by atoms with Crippen molar-refractivity contribution in [1.29, 1.82) is 0 Å². The Kier molecular flexibility index (Phi) is 6.99. The van der Waals surface area contributed by atoms with Crippen LogP contribution in [0, 0.1) is 5.92 Å². The van der Waals surface area contributed by atoms with Crippen LogP contribution in [0.3, 0.4) is 0 Å². The molecule has 32 heavy (non-hydrogen) atoms. The number of piperidine rings is 1. The molecule has 0 aliphatic carbocycles. The normalized spacial score (nSPS) is 19.1. The van der Waals surface area contributed by atoms with Gasteiger partial charge in [-0.2, -0.15) is 0 Å². The van der Waals surface area contributed by atoms with Crippen LogP contribution in [0.15, 0.2) is 42.6 Å². The van der Waals surface area contributed by atoms with Crippen molar-refractivity contribution in [3.8, 4) is 0 Å². The van der Waals surface area contributed by atoms with E-state index in [1.165, 1.54) is 5.56 Å². The fourth-order valence-corrected chi connectivity index (χ4v) is 4.57. The van der Waals surface area contributed by atoms with E-state index in [9.17, 15) is 9.59 Å². The third-order valence-electron chi connectivity index (χ3n) is 6.27. The van der Waals surface area contributed by atoms with Gasteiger partial charge in [0.25, 0.3) is 0 Å². The number of carboxylic acid groups (broad SMARTS) is 1. The van der Waals surface area contributed by atoms with Crippen LogP contribution < -0.4 is 15.5 Å². The Morgan fingerprint density at radius 1 is 1.06 bits per heavy atom. The summed E-state index contributed by atoms with van der Waals surface area (Å²) in [6.07, 6.45) is 3.47. The van der Waals surface area contributed by atoms with E-state index in [4.69, 9.17) is 16.7 Å². The number of halogens is 1. The van der Waals surface area contributed by atoms with Crippen LogP contribution in [0.25, 0.3) is 0 Å². The molecule has 2 fully saturated rings. The molecule has 0 bridgehead atoms. The number of hydrogen-bond donors (Lipinski definition) is 3. The van der Waals surface area contributed by atoms with E-state index in [1.807, 2.05) is 29.2 Å². The van der Waals surface area contributed by atoms with Crippen molar-refractivity contribution in [3.63, 3.8) is 0 Å². The molecule has 1 aromatic carbocycles. The number of urea groups is 1. The van der Waals surface area contributed by atoms with E-state index in [0.717, 1.165) is 43.2 Å². The zero-order valence-corrected chi connectivity index (χ0v) is 18.6. The summed E-state index contributed by atoms with van der Waals surface area (Å²) in [4.78, 5) is 31.8. The molecule has 0 unspecified atom stereocenters. The first-order valence-electron chi connectivity index (χ1n) is 11.0. The van der Waals surface area contributed by atoms with E-state index in [1.54, 1.807) is 6.20 Å². The van der Waals surface area contributed by atoms with Crippen LogP contribution in [0.1, 0.15) is 30.7 Å². The SMILES string of the molecule is O=C(O)NC[C@H]1CCN(c2ccc(NC(=O)N3CCC(c4ccc(Cl)cc4)CC3)cn2)C1. The molecule has 0 spiro atoms. The smallest absolute Gasteiger partial charge is 0.404 e.